The Morgan fingerprint density at radius 3 is 2.05 bits per heavy atom. The van der Waals surface area contributed by atoms with Gasteiger partial charge in [0, 0.05) is 17.8 Å². The number of ether oxygens (including phenoxy) is 3. The highest BCUT2D eigenvalue weighted by molar-refractivity contribution is 5.77. The minimum absolute atomic E-state index is 0.559. The Kier molecular flexibility index (Phi) is 4.42. The van der Waals surface area contributed by atoms with Gasteiger partial charge in [0.2, 0.25) is 5.75 Å². The van der Waals surface area contributed by atoms with E-state index in [1.807, 2.05) is 37.3 Å². The van der Waals surface area contributed by atoms with Crippen molar-refractivity contribution in [3.8, 4) is 17.2 Å². The first-order valence-electron chi connectivity index (χ1n) is 6.52. The van der Waals surface area contributed by atoms with Gasteiger partial charge in [-0.25, -0.2) is 0 Å². The van der Waals surface area contributed by atoms with Crippen molar-refractivity contribution in [2.75, 3.05) is 32.4 Å². The molecule has 0 saturated carbocycles. The predicted molar refractivity (Wildman–Crippen MR) is 85.0 cm³/mol. The molecule has 0 aromatic heterocycles. The summed E-state index contributed by atoms with van der Waals surface area (Å²) in [6.07, 6.45) is 0. The molecule has 0 saturated heterocycles. The molecule has 5 heteroatoms. The molecule has 2 aromatic carbocycles. The molecule has 21 heavy (non-hydrogen) atoms. The summed E-state index contributed by atoms with van der Waals surface area (Å²) in [5.74, 6) is 1.74. The molecule has 3 N–H and O–H groups in total. The molecule has 112 valence electrons. The van der Waals surface area contributed by atoms with Crippen LogP contribution in [-0.2, 0) is 0 Å². The fourth-order valence-electron chi connectivity index (χ4n) is 2.16. The Morgan fingerprint density at radius 1 is 0.952 bits per heavy atom. The van der Waals surface area contributed by atoms with Crippen LogP contribution in [0.1, 0.15) is 5.56 Å². The summed E-state index contributed by atoms with van der Waals surface area (Å²) >= 11 is 0. The van der Waals surface area contributed by atoms with Crippen molar-refractivity contribution in [3.05, 3.63) is 35.9 Å². The predicted octanol–water partition coefficient (Wildman–Crippen LogP) is 3.35. The molecule has 2 rings (SSSR count). The van der Waals surface area contributed by atoms with E-state index in [9.17, 15) is 0 Å². The van der Waals surface area contributed by atoms with E-state index in [0.717, 1.165) is 16.9 Å². The lowest BCUT2D eigenvalue weighted by Crippen LogP contribution is -2.01. The summed E-state index contributed by atoms with van der Waals surface area (Å²) in [7, 11) is 4.75. The van der Waals surface area contributed by atoms with Crippen molar-refractivity contribution in [2.45, 2.75) is 6.92 Å². The minimum atomic E-state index is 0.559. The molecule has 5 nitrogen and oxygen atoms in total. The van der Waals surface area contributed by atoms with Crippen LogP contribution in [0.4, 0.5) is 17.1 Å². The van der Waals surface area contributed by atoms with Gasteiger partial charge in [0.05, 0.1) is 32.7 Å². The third-order valence-corrected chi connectivity index (χ3v) is 3.24. The second-order valence-corrected chi connectivity index (χ2v) is 4.58. The molecule has 0 radical (unpaired) electrons. The number of aryl methyl sites for hydroxylation is 1. The standard InChI is InChI=1S/C16H20N2O3/c1-10-6-5-7-12(17)15(10)18-11-8-13(19-2)16(21-4)14(9-11)20-3/h5-9,18H,17H2,1-4H3. The molecule has 2 aromatic rings. The van der Waals surface area contributed by atoms with Crippen LogP contribution in [0.5, 0.6) is 17.2 Å². The molecule has 0 heterocycles. The molecule has 0 spiro atoms. The van der Waals surface area contributed by atoms with Crippen LogP contribution in [0, 0.1) is 6.92 Å². The number of anilines is 3. The van der Waals surface area contributed by atoms with Crippen LogP contribution in [0.15, 0.2) is 30.3 Å². The summed E-state index contributed by atoms with van der Waals surface area (Å²) in [5.41, 5.74) is 9.44. The normalized spacial score (nSPS) is 10.1. The third kappa shape index (κ3) is 2.97. The molecule has 0 bridgehead atoms. The molecular formula is C16H20N2O3. The smallest absolute Gasteiger partial charge is 0.203 e. The summed E-state index contributed by atoms with van der Waals surface area (Å²) in [4.78, 5) is 0. The lowest BCUT2D eigenvalue weighted by Gasteiger charge is -2.17. The second-order valence-electron chi connectivity index (χ2n) is 4.58. The molecular weight excluding hydrogens is 268 g/mol. The fourth-order valence-corrected chi connectivity index (χ4v) is 2.16. The van der Waals surface area contributed by atoms with E-state index in [1.54, 1.807) is 21.3 Å². The van der Waals surface area contributed by atoms with Crippen LogP contribution in [-0.4, -0.2) is 21.3 Å². The number of hydrogen-bond acceptors (Lipinski definition) is 5. The maximum Gasteiger partial charge on any atom is 0.203 e. The zero-order chi connectivity index (χ0) is 15.4. The number of para-hydroxylation sites is 1. The van der Waals surface area contributed by atoms with Gasteiger partial charge in [0.1, 0.15) is 0 Å². The topological polar surface area (TPSA) is 65.7 Å². The number of nitrogens with one attached hydrogen (secondary N) is 1. The van der Waals surface area contributed by atoms with Crippen molar-refractivity contribution in [3.63, 3.8) is 0 Å². The zero-order valence-electron chi connectivity index (χ0n) is 12.7. The summed E-state index contributed by atoms with van der Waals surface area (Å²) in [6, 6.07) is 9.45. The van der Waals surface area contributed by atoms with Crippen LogP contribution in [0.25, 0.3) is 0 Å². The van der Waals surface area contributed by atoms with E-state index >= 15 is 0 Å². The van der Waals surface area contributed by atoms with E-state index in [2.05, 4.69) is 5.32 Å². The van der Waals surface area contributed by atoms with Crippen molar-refractivity contribution in [1.82, 2.24) is 0 Å². The second kappa shape index (κ2) is 6.26. The molecule has 0 aliphatic rings. The number of nitrogens with two attached hydrogens (primary N) is 1. The van der Waals surface area contributed by atoms with Crippen molar-refractivity contribution < 1.29 is 14.2 Å². The highest BCUT2D eigenvalue weighted by Crippen LogP contribution is 2.41. The molecule has 0 fully saturated rings. The maximum absolute atomic E-state index is 6.02. The minimum Gasteiger partial charge on any atom is -0.493 e. The third-order valence-electron chi connectivity index (χ3n) is 3.24. The Hall–Kier alpha value is -2.56. The quantitative estimate of drug-likeness (QED) is 0.826. The first-order valence-corrected chi connectivity index (χ1v) is 6.52. The van der Waals surface area contributed by atoms with Gasteiger partial charge in [-0.3, -0.25) is 0 Å². The van der Waals surface area contributed by atoms with E-state index in [0.29, 0.717) is 22.9 Å². The van der Waals surface area contributed by atoms with Crippen molar-refractivity contribution >= 4 is 17.1 Å². The lowest BCUT2D eigenvalue weighted by atomic mass is 10.1. The Labute approximate surface area is 124 Å². The van der Waals surface area contributed by atoms with Gasteiger partial charge < -0.3 is 25.3 Å². The number of rotatable bonds is 5. The van der Waals surface area contributed by atoms with Gasteiger partial charge in [0.15, 0.2) is 11.5 Å². The van der Waals surface area contributed by atoms with Crippen LogP contribution in [0.3, 0.4) is 0 Å². The van der Waals surface area contributed by atoms with Crippen LogP contribution < -0.4 is 25.3 Å². The van der Waals surface area contributed by atoms with E-state index in [4.69, 9.17) is 19.9 Å². The van der Waals surface area contributed by atoms with Gasteiger partial charge in [-0.2, -0.15) is 0 Å². The van der Waals surface area contributed by atoms with E-state index in [-0.39, 0.29) is 0 Å². The Balaban J connectivity index is 2.45. The van der Waals surface area contributed by atoms with Gasteiger partial charge in [-0.05, 0) is 18.6 Å². The molecule has 0 aliphatic heterocycles. The van der Waals surface area contributed by atoms with Crippen LogP contribution >= 0.6 is 0 Å². The number of methoxy groups -OCH3 is 3. The largest absolute Gasteiger partial charge is 0.493 e. The lowest BCUT2D eigenvalue weighted by molar-refractivity contribution is 0.324. The maximum atomic E-state index is 6.02. The Morgan fingerprint density at radius 2 is 1.57 bits per heavy atom. The first kappa shape index (κ1) is 14.8. The monoisotopic (exact) mass is 288 g/mol. The van der Waals surface area contributed by atoms with Gasteiger partial charge in [-0.1, -0.05) is 12.1 Å². The highest BCUT2D eigenvalue weighted by atomic mass is 16.5. The van der Waals surface area contributed by atoms with E-state index in [1.165, 1.54) is 0 Å². The number of hydrogen-bond donors (Lipinski definition) is 2. The SMILES string of the molecule is COc1cc(Nc2c(C)cccc2N)cc(OC)c1OC. The van der Waals surface area contributed by atoms with Crippen molar-refractivity contribution in [1.29, 1.82) is 0 Å². The van der Waals surface area contributed by atoms with E-state index < -0.39 is 0 Å². The molecule has 0 amide bonds. The highest BCUT2D eigenvalue weighted by Gasteiger charge is 2.14. The molecule has 0 aliphatic carbocycles. The Bertz CT molecular complexity index is 596. The van der Waals surface area contributed by atoms with Crippen LogP contribution in [0.2, 0.25) is 0 Å². The van der Waals surface area contributed by atoms with Gasteiger partial charge >= 0.3 is 0 Å². The van der Waals surface area contributed by atoms with Gasteiger partial charge in [0.25, 0.3) is 0 Å². The first-order chi connectivity index (χ1) is 10.1. The summed E-state index contributed by atoms with van der Waals surface area (Å²) in [6.45, 7) is 2.00. The zero-order valence-corrected chi connectivity index (χ0v) is 12.7. The average molecular weight is 288 g/mol. The number of nitrogen functional groups attached to an aromatic ring is 1. The molecule has 0 unspecified atom stereocenters. The summed E-state index contributed by atoms with van der Waals surface area (Å²) < 4.78 is 16.0. The summed E-state index contributed by atoms with van der Waals surface area (Å²) in [5, 5.41) is 3.30. The molecule has 0 atom stereocenters. The van der Waals surface area contributed by atoms with Crippen molar-refractivity contribution in [2.24, 2.45) is 0 Å². The van der Waals surface area contributed by atoms with Gasteiger partial charge in [-0.15, -0.1) is 0 Å². The fraction of sp³-hybridized carbons (Fsp3) is 0.250. The number of benzene rings is 2. The average Bonchev–Trinajstić information content (AvgIpc) is 2.49.